The van der Waals surface area contributed by atoms with Gasteiger partial charge in [0.15, 0.2) is 0 Å². The molecule has 0 bridgehead atoms. The Balaban J connectivity index is 1.71. The van der Waals surface area contributed by atoms with Crippen molar-refractivity contribution in [3.8, 4) is 0 Å². The Morgan fingerprint density at radius 1 is 1.16 bits per heavy atom. The molecule has 2 aliphatic rings. The van der Waals surface area contributed by atoms with Crippen LogP contribution < -0.4 is 0 Å². The van der Waals surface area contributed by atoms with Crippen LogP contribution in [0.3, 0.4) is 0 Å². The van der Waals surface area contributed by atoms with E-state index in [0.29, 0.717) is 18.3 Å². The Morgan fingerprint density at radius 3 is 2.47 bits per heavy atom. The predicted octanol–water partition coefficient (Wildman–Crippen LogP) is 1.91. The Labute approximate surface area is 116 Å². The molecule has 0 spiro atoms. The third-order valence-corrected chi connectivity index (χ3v) is 4.77. The summed E-state index contributed by atoms with van der Waals surface area (Å²) in [6.07, 6.45) is 5.48. The van der Waals surface area contributed by atoms with E-state index in [1.54, 1.807) is 0 Å². The van der Waals surface area contributed by atoms with Crippen molar-refractivity contribution < 1.29 is 9.90 Å². The Kier molecular flexibility index (Phi) is 5.64. The molecule has 19 heavy (non-hydrogen) atoms. The molecule has 110 valence electrons. The average molecular weight is 268 g/mol. The van der Waals surface area contributed by atoms with Crippen molar-refractivity contribution in [2.45, 2.75) is 39.0 Å². The molecular weight excluding hydrogens is 240 g/mol. The molecule has 2 saturated heterocycles. The molecule has 2 heterocycles. The maximum Gasteiger partial charge on any atom is 0.303 e. The van der Waals surface area contributed by atoms with Gasteiger partial charge in [-0.2, -0.15) is 0 Å². The number of carboxylic acid groups (broad SMARTS) is 1. The lowest BCUT2D eigenvalue weighted by Gasteiger charge is -2.36. The van der Waals surface area contributed by atoms with Crippen molar-refractivity contribution in [2.24, 2.45) is 11.8 Å². The van der Waals surface area contributed by atoms with Crippen LogP contribution in [-0.4, -0.2) is 60.1 Å². The monoisotopic (exact) mass is 268 g/mol. The van der Waals surface area contributed by atoms with Gasteiger partial charge >= 0.3 is 5.97 Å². The second-order valence-electron chi connectivity index (χ2n) is 6.33. The van der Waals surface area contributed by atoms with Crippen LogP contribution in [0.1, 0.15) is 39.0 Å². The highest BCUT2D eigenvalue weighted by Crippen LogP contribution is 2.26. The molecule has 2 aliphatic heterocycles. The number of nitrogens with zero attached hydrogens (tertiary/aromatic N) is 2. The molecule has 0 aliphatic carbocycles. The molecule has 2 fully saturated rings. The molecule has 4 heteroatoms. The van der Waals surface area contributed by atoms with Crippen LogP contribution in [0.4, 0.5) is 0 Å². The van der Waals surface area contributed by atoms with Gasteiger partial charge in [0.2, 0.25) is 0 Å². The third kappa shape index (κ3) is 4.77. The number of carbonyl (C=O) groups is 1. The van der Waals surface area contributed by atoms with Crippen molar-refractivity contribution in [3.63, 3.8) is 0 Å². The number of likely N-dealkylation sites (tertiary alicyclic amines) is 2. The first-order chi connectivity index (χ1) is 9.15. The summed E-state index contributed by atoms with van der Waals surface area (Å²) in [5.41, 5.74) is 0. The summed E-state index contributed by atoms with van der Waals surface area (Å²) in [4.78, 5) is 15.9. The highest BCUT2D eigenvalue weighted by molar-refractivity contribution is 5.66. The van der Waals surface area contributed by atoms with Crippen molar-refractivity contribution in [2.75, 3.05) is 39.3 Å². The number of hydrogen-bond acceptors (Lipinski definition) is 3. The van der Waals surface area contributed by atoms with Gasteiger partial charge in [0, 0.05) is 26.1 Å². The molecule has 4 nitrogen and oxygen atoms in total. The lowest BCUT2D eigenvalue weighted by atomic mass is 9.85. The van der Waals surface area contributed by atoms with E-state index in [1.165, 1.54) is 51.9 Å². The largest absolute Gasteiger partial charge is 0.481 e. The van der Waals surface area contributed by atoms with E-state index in [0.717, 1.165) is 13.1 Å². The van der Waals surface area contributed by atoms with Crippen LogP contribution in [-0.2, 0) is 4.79 Å². The molecule has 2 unspecified atom stereocenters. The van der Waals surface area contributed by atoms with Crippen LogP contribution in [0.25, 0.3) is 0 Å². The lowest BCUT2D eigenvalue weighted by molar-refractivity contribution is -0.138. The van der Waals surface area contributed by atoms with Gasteiger partial charge in [-0.1, -0.05) is 6.92 Å². The van der Waals surface area contributed by atoms with Gasteiger partial charge in [-0.3, -0.25) is 4.79 Å². The predicted molar refractivity (Wildman–Crippen MR) is 76.3 cm³/mol. The SMILES string of the molecule is CC(CC(=O)O)C1CCCN(CCN2CCCC2)C1. The minimum Gasteiger partial charge on any atom is -0.481 e. The summed E-state index contributed by atoms with van der Waals surface area (Å²) in [6, 6.07) is 0. The first kappa shape index (κ1) is 14.8. The van der Waals surface area contributed by atoms with Crippen LogP contribution in [0.5, 0.6) is 0 Å². The Bertz CT molecular complexity index is 290. The van der Waals surface area contributed by atoms with E-state index in [2.05, 4.69) is 16.7 Å². The fraction of sp³-hybridized carbons (Fsp3) is 0.933. The smallest absolute Gasteiger partial charge is 0.303 e. The van der Waals surface area contributed by atoms with Crippen molar-refractivity contribution >= 4 is 5.97 Å². The molecule has 2 rings (SSSR count). The molecule has 0 amide bonds. The van der Waals surface area contributed by atoms with Gasteiger partial charge in [0.05, 0.1) is 0 Å². The zero-order chi connectivity index (χ0) is 13.7. The van der Waals surface area contributed by atoms with Crippen molar-refractivity contribution in [3.05, 3.63) is 0 Å². The summed E-state index contributed by atoms with van der Waals surface area (Å²) in [7, 11) is 0. The van der Waals surface area contributed by atoms with Crippen LogP contribution >= 0.6 is 0 Å². The van der Waals surface area contributed by atoms with E-state index in [1.807, 2.05) is 0 Å². The topological polar surface area (TPSA) is 43.8 Å². The van der Waals surface area contributed by atoms with E-state index < -0.39 is 5.97 Å². The van der Waals surface area contributed by atoms with Crippen LogP contribution in [0.15, 0.2) is 0 Å². The van der Waals surface area contributed by atoms with Gasteiger partial charge in [-0.05, 0) is 57.2 Å². The van der Waals surface area contributed by atoms with Crippen LogP contribution in [0.2, 0.25) is 0 Å². The third-order valence-electron chi connectivity index (χ3n) is 4.77. The number of piperidine rings is 1. The molecular formula is C15H28N2O2. The molecule has 2 atom stereocenters. The molecule has 0 aromatic heterocycles. The number of rotatable bonds is 6. The van der Waals surface area contributed by atoms with Crippen molar-refractivity contribution in [1.29, 1.82) is 0 Å². The average Bonchev–Trinajstić information content (AvgIpc) is 2.89. The first-order valence-corrected chi connectivity index (χ1v) is 7.81. The molecule has 0 saturated carbocycles. The number of carboxylic acids is 1. The highest BCUT2D eigenvalue weighted by Gasteiger charge is 2.26. The van der Waals surface area contributed by atoms with Gasteiger partial charge in [-0.15, -0.1) is 0 Å². The standard InChI is InChI=1S/C15H28N2O2/c1-13(11-15(18)19)14-5-4-8-17(12-14)10-9-16-6-2-3-7-16/h13-14H,2-12H2,1H3,(H,18,19). The van der Waals surface area contributed by atoms with Gasteiger partial charge in [0.25, 0.3) is 0 Å². The summed E-state index contributed by atoms with van der Waals surface area (Å²) in [5.74, 6) is 0.234. The maximum atomic E-state index is 10.8. The van der Waals surface area contributed by atoms with Gasteiger partial charge in [0.1, 0.15) is 0 Å². The fourth-order valence-electron chi connectivity index (χ4n) is 3.49. The number of hydrogen-bond donors (Lipinski definition) is 1. The maximum absolute atomic E-state index is 10.8. The fourth-order valence-corrected chi connectivity index (χ4v) is 3.49. The van der Waals surface area contributed by atoms with Crippen molar-refractivity contribution in [1.82, 2.24) is 9.80 Å². The van der Waals surface area contributed by atoms with E-state index >= 15 is 0 Å². The van der Waals surface area contributed by atoms with Gasteiger partial charge in [-0.25, -0.2) is 0 Å². The van der Waals surface area contributed by atoms with E-state index in [-0.39, 0.29) is 0 Å². The van der Waals surface area contributed by atoms with Crippen LogP contribution in [0, 0.1) is 11.8 Å². The summed E-state index contributed by atoms with van der Waals surface area (Å²) in [5, 5.41) is 8.91. The molecule has 1 N–H and O–H groups in total. The Morgan fingerprint density at radius 2 is 1.79 bits per heavy atom. The second kappa shape index (κ2) is 7.25. The zero-order valence-corrected chi connectivity index (χ0v) is 12.2. The zero-order valence-electron chi connectivity index (χ0n) is 12.2. The summed E-state index contributed by atoms with van der Waals surface area (Å²) >= 11 is 0. The molecule has 0 radical (unpaired) electrons. The lowest BCUT2D eigenvalue weighted by Crippen LogP contribution is -2.42. The van der Waals surface area contributed by atoms with Gasteiger partial charge < -0.3 is 14.9 Å². The quantitative estimate of drug-likeness (QED) is 0.799. The summed E-state index contributed by atoms with van der Waals surface area (Å²) < 4.78 is 0. The minimum atomic E-state index is -0.651. The summed E-state index contributed by atoms with van der Waals surface area (Å²) in [6.45, 7) is 9.30. The minimum absolute atomic E-state index is 0.312. The first-order valence-electron chi connectivity index (χ1n) is 7.81. The second-order valence-corrected chi connectivity index (χ2v) is 6.33. The van der Waals surface area contributed by atoms with E-state index in [4.69, 9.17) is 5.11 Å². The number of aliphatic carboxylic acids is 1. The normalized spacial score (nSPS) is 27.5. The molecule has 0 aromatic rings. The molecule has 0 aromatic carbocycles. The Hall–Kier alpha value is -0.610. The van der Waals surface area contributed by atoms with E-state index in [9.17, 15) is 4.79 Å². The highest BCUT2D eigenvalue weighted by atomic mass is 16.4.